The molecule has 2 heterocycles. The number of imidazole rings is 1. The summed E-state index contributed by atoms with van der Waals surface area (Å²) in [4.78, 5) is 29.2. The van der Waals surface area contributed by atoms with Crippen LogP contribution in [0.3, 0.4) is 0 Å². The highest BCUT2D eigenvalue weighted by Crippen LogP contribution is 2.26. The van der Waals surface area contributed by atoms with Crippen LogP contribution in [0.25, 0.3) is 11.0 Å². The van der Waals surface area contributed by atoms with Crippen LogP contribution >= 0.6 is 0 Å². The molecular weight excluding hydrogens is 282 g/mol. The molecule has 1 aliphatic heterocycles. The molecule has 118 valence electrons. The quantitative estimate of drug-likeness (QED) is 0.914. The van der Waals surface area contributed by atoms with E-state index in [2.05, 4.69) is 18.8 Å². The lowest BCUT2D eigenvalue weighted by molar-refractivity contribution is -0.0465. The number of ether oxygens (including phenoxy) is 1. The number of nitrogens with one attached hydrogen (secondary N) is 1. The van der Waals surface area contributed by atoms with Crippen LogP contribution in [-0.2, 0) is 11.8 Å². The molecule has 0 aliphatic carbocycles. The van der Waals surface area contributed by atoms with Crippen molar-refractivity contribution < 1.29 is 9.53 Å². The third kappa shape index (κ3) is 2.23. The Balaban J connectivity index is 2.01. The van der Waals surface area contributed by atoms with Crippen LogP contribution in [0.2, 0.25) is 0 Å². The average Bonchev–Trinajstić information content (AvgIpc) is 2.81. The van der Waals surface area contributed by atoms with Gasteiger partial charge in [-0.1, -0.05) is 6.92 Å². The zero-order valence-corrected chi connectivity index (χ0v) is 13.2. The number of benzene rings is 1. The number of fused-ring (bicyclic) bond motifs is 1. The van der Waals surface area contributed by atoms with Crippen LogP contribution in [0, 0.1) is 0 Å². The Morgan fingerprint density at radius 3 is 2.95 bits per heavy atom. The van der Waals surface area contributed by atoms with Gasteiger partial charge < -0.3 is 14.6 Å². The van der Waals surface area contributed by atoms with Crippen molar-refractivity contribution in [1.82, 2.24) is 14.5 Å². The molecular formula is C16H21N3O3. The van der Waals surface area contributed by atoms with Crippen molar-refractivity contribution in [2.75, 3.05) is 19.8 Å². The Kier molecular flexibility index (Phi) is 3.56. The van der Waals surface area contributed by atoms with E-state index in [0.29, 0.717) is 25.3 Å². The fourth-order valence-corrected chi connectivity index (χ4v) is 2.95. The largest absolute Gasteiger partial charge is 0.377 e. The Hall–Kier alpha value is -2.08. The van der Waals surface area contributed by atoms with Crippen molar-refractivity contribution in [3.63, 3.8) is 0 Å². The Morgan fingerprint density at radius 1 is 1.45 bits per heavy atom. The van der Waals surface area contributed by atoms with Crippen molar-refractivity contribution in [3.05, 3.63) is 34.2 Å². The van der Waals surface area contributed by atoms with Gasteiger partial charge in [-0.05, 0) is 31.5 Å². The van der Waals surface area contributed by atoms with E-state index in [1.54, 1.807) is 25.2 Å². The van der Waals surface area contributed by atoms with Gasteiger partial charge in [0.1, 0.15) is 0 Å². The molecule has 1 unspecified atom stereocenters. The van der Waals surface area contributed by atoms with E-state index in [-0.39, 0.29) is 17.1 Å². The van der Waals surface area contributed by atoms with Crippen molar-refractivity contribution in [2.45, 2.75) is 25.8 Å². The van der Waals surface area contributed by atoms with Gasteiger partial charge in [0.15, 0.2) is 0 Å². The van der Waals surface area contributed by atoms with Gasteiger partial charge in [0.25, 0.3) is 5.91 Å². The van der Waals surface area contributed by atoms with Crippen LogP contribution < -0.4 is 5.69 Å². The highest BCUT2D eigenvalue weighted by Gasteiger charge is 2.37. The third-order valence-electron chi connectivity index (χ3n) is 4.68. The number of aryl methyl sites for hydroxylation is 1. The number of H-pyrrole nitrogens is 1. The van der Waals surface area contributed by atoms with Gasteiger partial charge in [-0.25, -0.2) is 4.79 Å². The van der Waals surface area contributed by atoms with Crippen LogP contribution in [0.5, 0.6) is 0 Å². The molecule has 0 radical (unpaired) electrons. The normalized spacial score (nSPS) is 22.2. The molecule has 22 heavy (non-hydrogen) atoms. The Labute approximate surface area is 128 Å². The average molecular weight is 303 g/mol. The summed E-state index contributed by atoms with van der Waals surface area (Å²) < 4.78 is 7.06. The summed E-state index contributed by atoms with van der Waals surface area (Å²) in [6.07, 6.45) is 0.837. The van der Waals surface area contributed by atoms with Crippen molar-refractivity contribution in [2.24, 2.45) is 7.05 Å². The molecule has 0 saturated carbocycles. The Bertz CT molecular complexity index is 777. The summed E-state index contributed by atoms with van der Waals surface area (Å²) in [6.45, 7) is 5.82. The van der Waals surface area contributed by atoms with E-state index in [4.69, 9.17) is 4.74 Å². The second-order valence-electron chi connectivity index (χ2n) is 6.08. The summed E-state index contributed by atoms with van der Waals surface area (Å²) in [5.74, 6) is -0.0109. The standard InChI is InChI=1S/C16H21N3O3/c1-4-16(2)10-22-8-7-19(16)14(20)11-5-6-12-13(9-11)18(3)15(21)17-12/h5-6,9H,4,7-8,10H2,1-3H3,(H,17,21). The number of nitrogens with zero attached hydrogens (tertiary/aromatic N) is 2. The van der Waals surface area contributed by atoms with Crippen molar-refractivity contribution >= 4 is 16.9 Å². The molecule has 1 aromatic carbocycles. The number of aromatic amines is 1. The predicted molar refractivity (Wildman–Crippen MR) is 84.1 cm³/mol. The van der Waals surface area contributed by atoms with E-state index in [9.17, 15) is 9.59 Å². The van der Waals surface area contributed by atoms with Gasteiger partial charge >= 0.3 is 5.69 Å². The number of morpholine rings is 1. The minimum absolute atomic E-state index is 0.0109. The molecule has 1 aliphatic rings. The second-order valence-corrected chi connectivity index (χ2v) is 6.08. The minimum atomic E-state index is -0.283. The summed E-state index contributed by atoms with van der Waals surface area (Å²) >= 11 is 0. The number of hydrogen-bond acceptors (Lipinski definition) is 3. The van der Waals surface area contributed by atoms with E-state index in [0.717, 1.165) is 17.5 Å². The van der Waals surface area contributed by atoms with Crippen molar-refractivity contribution in [1.29, 1.82) is 0 Å². The maximum Gasteiger partial charge on any atom is 0.326 e. The molecule has 1 aromatic heterocycles. The number of carbonyl (C=O) groups is 1. The number of aromatic nitrogens is 2. The first-order valence-electron chi connectivity index (χ1n) is 7.55. The molecule has 1 saturated heterocycles. The van der Waals surface area contributed by atoms with Gasteiger partial charge in [0.2, 0.25) is 0 Å². The van der Waals surface area contributed by atoms with E-state index in [1.165, 1.54) is 4.57 Å². The topological polar surface area (TPSA) is 67.3 Å². The van der Waals surface area contributed by atoms with E-state index < -0.39 is 0 Å². The van der Waals surface area contributed by atoms with Crippen LogP contribution in [0.1, 0.15) is 30.6 Å². The van der Waals surface area contributed by atoms with Crippen LogP contribution in [0.15, 0.2) is 23.0 Å². The highest BCUT2D eigenvalue weighted by atomic mass is 16.5. The third-order valence-corrected chi connectivity index (χ3v) is 4.68. The number of amides is 1. The lowest BCUT2D eigenvalue weighted by Crippen LogP contribution is -2.57. The van der Waals surface area contributed by atoms with Crippen LogP contribution in [0.4, 0.5) is 0 Å². The smallest absolute Gasteiger partial charge is 0.326 e. The van der Waals surface area contributed by atoms with E-state index >= 15 is 0 Å². The maximum absolute atomic E-state index is 12.9. The first-order chi connectivity index (χ1) is 10.5. The Morgan fingerprint density at radius 2 is 2.23 bits per heavy atom. The minimum Gasteiger partial charge on any atom is -0.377 e. The zero-order valence-electron chi connectivity index (χ0n) is 13.2. The fourth-order valence-electron chi connectivity index (χ4n) is 2.95. The monoisotopic (exact) mass is 303 g/mol. The molecule has 1 N–H and O–H groups in total. The molecule has 1 atom stereocenters. The van der Waals surface area contributed by atoms with Gasteiger partial charge in [0, 0.05) is 19.2 Å². The molecule has 6 heteroatoms. The summed E-state index contributed by atoms with van der Waals surface area (Å²) in [5.41, 5.74) is 1.62. The summed E-state index contributed by atoms with van der Waals surface area (Å²) in [5, 5.41) is 0. The second kappa shape index (κ2) is 5.28. The fraction of sp³-hybridized carbons (Fsp3) is 0.500. The zero-order chi connectivity index (χ0) is 15.9. The van der Waals surface area contributed by atoms with Gasteiger partial charge in [-0.3, -0.25) is 9.36 Å². The number of rotatable bonds is 2. The lowest BCUT2D eigenvalue weighted by Gasteiger charge is -2.44. The maximum atomic E-state index is 12.9. The predicted octanol–water partition coefficient (Wildman–Crippen LogP) is 1.51. The molecule has 0 spiro atoms. The van der Waals surface area contributed by atoms with Gasteiger partial charge in [-0.2, -0.15) is 0 Å². The van der Waals surface area contributed by atoms with E-state index in [1.807, 2.05) is 4.90 Å². The lowest BCUT2D eigenvalue weighted by atomic mass is 9.95. The summed E-state index contributed by atoms with van der Waals surface area (Å²) in [7, 11) is 1.69. The molecule has 1 fully saturated rings. The molecule has 6 nitrogen and oxygen atoms in total. The molecule has 2 aromatic rings. The highest BCUT2D eigenvalue weighted by molar-refractivity contribution is 5.97. The van der Waals surface area contributed by atoms with Crippen molar-refractivity contribution in [3.8, 4) is 0 Å². The first kappa shape index (κ1) is 14.8. The first-order valence-corrected chi connectivity index (χ1v) is 7.55. The molecule has 0 bridgehead atoms. The number of hydrogen-bond donors (Lipinski definition) is 1. The van der Waals surface area contributed by atoms with Crippen LogP contribution in [-0.4, -0.2) is 45.7 Å². The SMILES string of the molecule is CCC1(C)COCCN1C(=O)c1ccc2[nH]c(=O)n(C)c2c1. The number of carbonyl (C=O) groups excluding carboxylic acids is 1. The van der Waals surface area contributed by atoms with Gasteiger partial charge in [0.05, 0.1) is 29.8 Å². The molecule has 1 amide bonds. The van der Waals surface area contributed by atoms with Gasteiger partial charge in [-0.15, -0.1) is 0 Å². The summed E-state index contributed by atoms with van der Waals surface area (Å²) in [6, 6.07) is 5.33. The molecule has 3 rings (SSSR count).